The number of pyridine rings is 1. The van der Waals surface area contributed by atoms with Crippen LogP contribution in [0.5, 0.6) is 0 Å². The number of aromatic nitrogens is 1. The summed E-state index contributed by atoms with van der Waals surface area (Å²) >= 11 is 0. The lowest BCUT2D eigenvalue weighted by Gasteiger charge is -2.45. The molecule has 0 N–H and O–H groups in total. The largest absolute Gasteiger partial charge is 0.465 e. The minimum atomic E-state index is -0.343. The number of likely N-dealkylation sites (N-methyl/N-ethyl adjacent to an activating group) is 1. The maximum atomic E-state index is 11.4. The van der Waals surface area contributed by atoms with Crippen LogP contribution in [0.1, 0.15) is 29.9 Å². The number of ether oxygens (including phenoxy) is 1. The van der Waals surface area contributed by atoms with E-state index >= 15 is 0 Å². The van der Waals surface area contributed by atoms with Gasteiger partial charge in [0.25, 0.3) is 0 Å². The molecule has 0 bridgehead atoms. The molecule has 0 spiro atoms. The molecule has 1 fully saturated rings. The summed E-state index contributed by atoms with van der Waals surface area (Å²) in [7, 11) is 3.54. The second-order valence-electron chi connectivity index (χ2n) is 5.97. The SMILES string of the molecule is COC(=O)c1ccc(CN2CCN(C)C(C)(C)C2)nc1. The molecule has 5 nitrogen and oxygen atoms in total. The molecule has 1 aromatic rings. The van der Waals surface area contributed by atoms with Gasteiger partial charge in [-0.05, 0) is 33.0 Å². The van der Waals surface area contributed by atoms with Crippen LogP contribution in [0.25, 0.3) is 0 Å². The average molecular weight is 277 g/mol. The van der Waals surface area contributed by atoms with Crippen molar-refractivity contribution in [3.05, 3.63) is 29.6 Å². The molecule has 1 saturated heterocycles. The highest BCUT2D eigenvalue weighted by Crippen LogP contribution is 2.20. The van der Waals surface area contributed by atoms with Crippen molar-refractivity contribution in [3.63, 3.8) is 0 Å². The van der Waals surface area contributed by atoms with E-state index in [1.165, 1.54) is 7.11 Å². The summed E-state index contributed by atoms with van der Waals surface area (Å²) in [6.07, 6.45) is 1.59. The van der Waals surface area contributed by atoms with Crippen LogP contribution in [0.15, 0.2) is 18.3 Å². The second kappa shape index (κ2) is 5.89. The van der Waals surface area contributed by atoms with Gasteiger partial charge in [0.15, 0.2) is 0 Å². The fourth-order valence-corrected chi connectivity index (χ4v) is 2.46. The predicted octanol–water partition coefficient (Wildman–Crippen LogP) is 1.39. The molecule has 110 valence electrons. The molecule has 0 atom stereocenters. The first kappa shape index (κ1) is 14.9. The summed E-state index contributed by atoms with van der Waals surface area (Å²) in [6, 6.07) is 3.67. The van der Waals surface area contributed by atoms with Crippen LogP contribution in [0, 0.1) is 0 Å². The van der Waals surface area contributed by atoms with Crippen LogP contribution >= 0.6 is 0 Å². The molecule has 1 aliphatic rings. The fraction of sp³-hybridized carbons (Fsp3) is 0.600. The number of hydrogen-bond acceptors (Lipinski definition) is 5. The smallest absolute Gasteiger partial charge is 0.339 e. The molecular formula is C15H23N3O2. The molecule has 0 aromatic carbocycles. The standard InChI is InChI=1S/C15H23N3O2/c1-15(2)11-18(8-7-17(15)3)10-13-6-5-12(9-16-13)14(19)20-4/h5-6,9H,7-8,10-11H2,1-4H3. The Bertz CT molecular complexity index is 471. The van der Waals surface area contributed by atoms with E-state index in [0.717, 1.165) is 31.9 Å². The molecule has 5 heteroatoms. The summed E-state index contributed by atoms with van der Waals surface area (Å²) in [5.74, 6) is -0.343. The Labute approximate surface area is 120 Å². The number of esters is 1. The molecule has 2 heterocycles. The van der Waals surface area contributed by atoms with Gasteiger partial charge in [-0.1, -0.05) is 0 Å². The zero-order chi connectivity index (χ0) is 14.8. The van der Waals surface area contributed by atoms with Crippen molar-refractivity contribution in [2.45, 2.75) is 25.9 Å². The minimum absolute atomic E-state index is 0.185. The Morgan fingerprint density at radius 1 is 1.40 bits per heavy atom. The summed E-state index contributed by atoms with van der Waals surface area (Å²) in [4.78, 5) is 20.5. The monoisotopic (exact) mass is 277 g/mol. The molecule has 0 amide bonds. The van der Waals surface area contributed by atoms with Crippen molar-refractivity contribution in [3.8, 4) is 0 Å². The number of carbonyl (C=O) groups is 1. The van der Waals surface area contributed by atoms with Gasteiger partial charge >= 0.3 is 5.97 Å². The van der Waals surface area contributed by atoms with Crippen molar-refractivity contribution in [2.24, 2.45) is 0 Å². The number of piperazine rings is 1. The predicted molar refractivity (Wildman–Crippen MR) is 77.6 cm³/mol. The van der Waals surface area contributed by atoms with Crippen LogP contribution in [-0.4, -0.2) is 60.1 Å². The van der Waals surface area contributed by atoms with Gasteiger partial charge in [-0.15, -0.1) is 0 Å². The minimum Gasteiger partial charge on any atom is -0.465 e. The van der Waals surface area contributed by atoms with Gasteiger partial charge in [-0.3, -0.25) is 14.8 Å². The van der Waals surface area contributed by atoms with E-state index in [2.05, 4.69) is 40.4 Å². The zero-order valence-corrected chi connectivity index (χ0v) is 12.7. The van der Waals surface area contributed by atoms with E-state index in [9.17, 15) is 4.79 Å². The van der Waals surface area contributed by atoms with Crippen LogP contribution in [0.2, 0.25) is 0 Å². The Hall–Kier alpha value is -1.46. The van der Waals surface area contributed by atoms with Crippen LogP contribution < -0.4 is 0 Å². The first-order valence-corrected chi connectivity index (χ1v) is 6.89. The van der Waals surface area contributed by atoms with Gasteiger partial charge in [0.05, 0.1) is 18.4 Å². The normalized spacial score (nSPS) is 19.8. The first-order valence-electron chi connectivity index (χ1n) is 6.89. The molecule has 1 aliphatic heterocycles. The van der Waals surface area contributed by atoms with Gasteiger partial charge in [0, 0.05) is 37.9 Å². The maximum absolute atomic E-state index is 11.4. The van der Waals surface area contributed by atoms with E-state index < -0.39 is 0 Å². The topological polar surface area (TPSA) is 45.7 Å². The molecule has 0 saturated carbocycles. The van der Waals surface area contributed by atoms with Crippen molar-refractivity contribution in [2.75, 3.05) is 33.8 Å². The molecule has 0 unspecified atom stereocenters. The quantitative estimate of drug-likeness (QED) is 0.781. The third-order valence-electron chi connectivity index (χ3n) is 4.03. The first-order chi connectivity index (χ1) is 9.42. The number of nitrogens with zero attached hydrogens (tertiary/aromatic N) is 3. The Morgan fingerprint density at radius 2 is 2.15 bits per heavy atom. The maximum Gasteiger partial charge on any atom is 0.339 e. The summed E-state index contributed by atoms with van der Waals surface area (Å²) in [5, 5.41) is 0. The summed E-state index contributed by atoms with van der Waals surface area (Å²) in [5.41, 5.74) is 1.66. The van der Waals surface area contributed by atoms with Gasteiger partial charge in [-0.25, -0.2) is 4.79 Å². The van der Waals surface area contributed by atoms with Crippen LogP contribution in [-0.2, 0) is 11.3 Å². The van der Waals surface area contributed by atoms with E-state index in [0.29, 0.717) is 5.56 Å². The lowest BCUT2D eigenvalue weighted by Crippen LogP contribution is -2.57. The van der Waals surface area contributed by atoms with E-state index in [-0.39, 0.29) is 11.5 Å². The van der Waals surface area contributed by atoms with Crippen molar-refractivity contribution >= 4 is 5.97 Å². The second-order valence-corrected chi connectivity index (χ2v) is 5.97. The molecule has 0 radical (unpaired) electrons. The molecule has 20 heavy (non-hydrogen) atoms. The van der Waals surface area contributed by atoms with E-state index in [1.807, 2.05) is 6.07 Å². The number of methoxy groups -OCH3 is 1. The lowest BCUT2D eigenvalue weighted by molar-refractivity contribution is 0.0354. The van der Waals surface area contributed by atoms with Gasteiger partial charge in [0.2, 0.25) is 0 Å². The lowest BCUT2D eigenvalue weighted by atomic mass is 9.99. The van der Waals surface area contributed by atoms with Crippen molar-refractivity contribution in [1.29, 1.82) is 0 Å². The Kier molecular flexibility index (Phi) is 4.40. The van der Waals surface area contributed by atoms with Crippen molar-refractivity contribution in [1.82, 2.24) is 14.8 Å². The van der Waals surface area contributed by atoms with E-state index in [1.54, 1.807) is 12.3 Å². The number of rotatable bonds is 3. The summed E-state index contributed by atoms with van der Waals surface area (Å²) in [6.45, 7) is 8.45. The van der Waals surface area contributed by atoms with Gasteiger partial charge < -0.3 is 4.74 Å². The average Bonchev–Trinajstić information content (AvgIpc) is 2.42. The molecule has 2 rings (SSSR count). The van der Waals surface area contributed by atoms with Gasteiger partial charge in [-0.2, -0.15) is 0 Å². The third-order valence-corrected chi connectivity index (χ3v) is 4.03. The van der Waals surface area contributed by atoms with Crippen LogP contribution in [0.4, 0.5) is 0 Å². The number of carbonyl (C=O) groups excluding carboxylic acids is 1. The van der Waals surface area contributed by atoms with Crippen molar-refractivity contribution < 1.29 is 9.53 Å². The highest BCUT2D eigenvalue weighted by Gasteiger charge is 2.30. The highest BCUT2D eigenvalue weighted by molar-refractivity contribution is 5.88. The molecule has 0 aliphatic carbocycles. The Morgan fingerprint density at radius 3 is 2.70 bits per heavy atom. The summed E-state index contributed by atoms with van der Waals surface area (Å²) < 4.78 is 4.67. The highest BCUT2D eigenvalue weighted by atomic mass is 16.5. The van der Waals surface area contributed by atoms with E-state index in [4.69, 9.17) is 0 Å². The molecular weight excluding hydrogens is 254 g/mol. The number of hydrogen-bond donors (Lipinski definition) is 0. The third kappa shape index (κ3) is 3.35. The van der Waals surface area contributed by atoms with Gasteiger partial charge in [0.1, 0.15) is 0 Å². The molecule has 1 aromatic heterocycles. The Balaban J connectivity index is 1.99. The zero-order valence-electron chi connectivity index (χ0n) is 12.7. The van der Waals surface area contributed by atoms with Crippen LogP contribution in [0.3, 0.4) is 0 Å². The fourth-order valence-electron chi connectivity index (χ4n) is 2.46.